The molecule has 0 bridgehead atoms. The van der Waals surface area contributed by atoms with Gasteiger partial charge in [-0.2, -0.15) is 13.2 Å². The van der Waals surface area contributed by atoms with E-state index >= 15 is 0 Å². The van der Waals surface area contributed by atoms with Crippen molar-refractivity contribution in [3.63, 3.8) is 0 Å². The lowest BCUT2D eigenvalue weighted by atomic mass is 9.98. The van der Waals surface area contributed by atoms with Crippen molar-refractivity contribution in [1.29, 1.82) is 0 Å². The van der Waals surface area contributed by atoms with Crippen LogP contribution in [0.15, 0.2) is 72.8 Å². The fraction of sp³-hybridized carbons (Fsp3) is 0.182. The fourth-order valence-electron chi connectivity index (χ4n) is 2.88. The van der Waals surface area contributed by atoms with Gasteiger partial charge in [0.1, 0.15) is 0 Å². The number of hydrogen-bond acceptors (Lipinski definition) is 0. The SMILES string of the molecule is C/C=C/CCc1ccc(-c2ccc3cc(C(F)(F)F)ccc3c2)cc1. The Balaban J connectivity index is 1.86. The first-order valence-electron chi connectivity index (χ1n) is 8.29. The molecule has 0 aliphatic heterocycles. The summed E-state index contributed by atoms with van der Waals surface area (Å²) in [7, 11) is 0. The quantitative estimate of drug-likeness (QED) is 0.447. The van der Waals surface area contributed by atoms with Crippen molar-refractivity contribution in [2.24, 2.45) is 0 Å². The first-order chi connectivity index (χ1) is 12.0. The normalized spacial score (nSPS) is 12.2. The summed E-state index contributed by atoms with van der Waals surface area (Å²) in [5.41, 5.74) is 2.74. The molecule has 0 aliphatic carbocycles. The Bertz CT molecular complexity index is 887. The standard InChI is InChI=1S/C22H19F3/c1-2-3-4-5-16-6-8-17(9-7-16)18-10-11-20-15-21(22(23,24)25)13-12-19(20)14-18/h2-3,6-15H,4-5H2,1H3/b3-2+. The molecule has 0 fully saturated rings. The van der Waals surface area contributed by atoms with Crippen LogP contribution in [0.25, 0.3) is 21.9 Å². The number of benzene rings is 3. The Morgan fingerprint density at radius 3 is 2.12 bits per heavy atom. The molecule has 0 radical (unpaired) electrons. The van der Waals surface area contributed by atoms with Crippen LogP contribution in [0.4, 0.5) is 13.2 Å². The Kier molecular flexibility index (Phi) is 4.93. The van der Waals surface area contributed by atoms with Gasteiger partial charge in [0.05, 0.1) is 5.56 Å². The highest BCUT2D eigenvalue weighted by molar-refractivity contribution is 5.88. The Morgan fingerprint density at radius 1 is 0.800 bits per heavy atom. The molecule has 0 spiro atoms. The molecule has 25 heavy (non-hydrogen) atoms. The molecule has 0 aromatic heterocycles. The third kappa shape index (κ3) is 4.11. The Labute approximate surface area is 145 Å². The van der Waals surface area contributed by atoms with Crippen LogP contribution in [0, 0.1) is 0 Å². The van der Waals surface area contributed by atoms with Crippen LogP contribution in [0.5, 0.6) is 0 Å². The lowest BCUT2D eigenvalue weighted by Crippen LogP contribution is -2.04. The summed E-state index contributed by atoms with van der Waals surface area (Å²) >= 11 is 0. The van der Waals surface area contributed by atoms with Gasteiger partial charge in [0.15, 0.2) is 0 Å². The molecule has 3 heteroatoms. The molecule has 0 heterocycles. The number of allylic oxidation sites excluding steroid dienone is 2. The van der Waals surface area contributed by atoms with E-state index in [1.54, 1.807) is 6.07 Å². The van der Waals surface area contributed by atoms with Crippen molar-refractivity contribution in [3.8, 4) is 11.1 Å². The van der Waals surface area contributed by atoms with E-state index in [9.17, 15) is 13.2 Å². The topological polar surface area (TPSA) is 0 Å². The summed E-state index contributed by atoms with van der Waals surface area (Å²) in [6.07, 6.45) is 1.91. The molecular formula is C22H19F3. The van der Waals surface area contributed by atoms with Gasteiger partial charge in [-0.15, -0.1) is 0 Å². The van der Waals surface area contributed by atoms with Gasteiger partial charge in [0, 0.05) is 0 Å². The zero-order chi connectivity index (χ0) is 17.9. The van der Waals surface area contributed by atoms with Crippen molar-refractivity contribution in [2.75, 3.05) is 0 Å². The number of hydrogen-bond donors (Lipinski definition) is 0. The van der Waals surface area contributed by atoms with Gasteiger partial charge in [0.2, 0.25) is 0 Å². The number of fused-ring (bicyclic) bond motifs is 1. The predicted octanol–water partition coefficient (Wildman–Crippen LogP) is 7.03. The molecule has 0 saturated heterocycles. The number of aryl methyl sites for hydroxylation is 1. The molecule has 3 rings (SSSR count). The largest absolute Gasteiger partial charge is 0.416 e. The molecule has 0 aliphatic rings. The maximum absolute atomic E-state index is 12.8. The maximum Gasteiger partial charge on any atom is 0.416 e. The molecule has 3 aromatic rings. The van der Waals surface area contributed by atoms with Crippen molar-refractivity contribution >= 4 is 10.8 Å². The molecule has 0 N–H and O–H groups in total. The molecule has 3 aromatic carbocycles. The highest BCUT2D eigenvalue weighted by Crippen LogP contribution is 2.32. The fourth-order valence-corrected chi connectivity index (χ4v) is 2.88. The zero-order valence-electron chi connectivity index (χ0n) is 14.0. The van der Waals surface area contributed by atoms with E-state index in [1.807, 2.05) is 25.1 Å². The highest BCUT2D eigenvalue weighted by Gasteiger charge is 2.30. The Morgan fingerprint density at radius 2 is 1.44 bits per heavy atom. The monoisotopic (exact) mass is 340 g/mol. The summed E-state index contributed by atoms with van der Waals surface area (Å²) in [5, 5.41) is 1.41. The third-order valence-electron chi connectivity index (χ3n) is 4.29. The second-order valence-corrected chi connectivity index (χ2v) is 6.08. The van der Waals surface area contributed by atoms with Crippen molar-refractivity contribution in [1.82, 2.24) is 0 Å². The van der Waals surface area contributed by atoms with Crippen molar-refractivity contribution < 1.29 is 13.2 Å². The first-order valence-corrected chi connectivity index (χ1v) is 8.29. The molecule has 0 saturated carbocycles. The van der Waals surface area contributed by atoms with Gasteiger partial charge in [-0.25, -0.2) is 0 Å². The third-order valence-corrected chi connectivity index (χ3v) is 4.29. The second-order valence-electron chi connectivity index (χ2n) is 6.08. The van der Waals surface area contributed by atoms with Crippen LogP contribution >= 0.6 is 0 Å². The van der Waals surface area contributed by atoms with Gasteiger partial charge >= 0.3 is 6.18 Å². The van der Waals surface area contributed by atoms with Gasteiger partial charge in [-0.1, -0.05) is 54.6 Å². The Hall–Kier alpha value is -2.55. The number of alkyl halides is 3. The van der Waals surface area contributed by atoms with Gasteiger partial charge in [-0.3, -0.25) is 0 Å². The molecule has 128 valence electrons. The summed E-state index contributed by atoms with van der Waals surface area (Å²) in [5.74, 6) is 0. The minimum Gasteiger partial charge on any atom is -0.166 e. The summed E-state index contributed by atoms with van der Waals surface area (Å²) < 4.78 is 38.4. The first kappa shape index (κ1) is 17.3. The van der Waals surface area contributed by atoms with Crippen LogP contribution in [0.3, 0.4) is 0 Å². The highest BCUT2D eigenvalue weighted by atomic mass is 19.4. The molecule has 0 atom stereocenters. The zero-order valence-corrected chi connectivity index (χ0v) is 14.0. The van der Waals surface area contributed by atoms with E-state index in [4.69, 9.17) is 0 Å². The van der Waals surface area contributed by atoms with E-state index in [0.29, 0.717) is 5.39 Å². The summed E-state index contributed by atoms with van der Waals surface area (Å²) in [4.78, 5) is 0. The molecule has 0 nitrogen and oxygen atoms in total. The average molecular weight is 340 g/mol. The van der Waals surface area contributed by atoms with Crippen molar-refractivity contribution in [3.05, 3.63) is 83.9 Å². The van der Waals surface area contributed by atoms with E-state index in [2.05, 4.69) is 30.3 Å². The predicted molar refractivity (Wildman–Crippen MR) is 97.5 cm³/mol. The lowest BCUT2D eigenvalue weighted by molar-refractivity contribution is -0.137. The van der Waals surface area contributed by atoms with E-state index in [1.165, 1.54) is 17.7 Å². The van der Waals surface area contributed by atoms with Crippen LogP contribution in [-0.2, 0) is 12.6 Å². The van der Waals surface area contributed by atoms with Crippen molar-refractivity contribution in [2.45, 2.75) is 25.9 Å². The summed E-state index contributed by atoms with van der Waals surface area (Å²) in [6, 6.07) is 17.8. The van der Waals surface area contributed by atoms with Gasteiger partial charge in [-0.05, 0) is 65.4 Å². The van der Waals surface area contributed by atoms with E-state index in [-0.39, 0.29) is 0 Å². The minimum atomic E-state index is -4.31. The number of halogens is 3. The van der Waals surface area contributed by atoms with Crippen LogP contribution in [-0.4, -0.2) is 0 Å². The van der Waals surface area contributed by atoms with Crippen LogP contribution < -0.4 is 0 Å². The van der Waals surface area contributed by atoms with Gasteiger partial charge < -0.3 is 0 Å². The van der Waals surface area contributed by atoms with Crippen LogP contribution in [0.2, 0.25) is 0 Å². The molecular weight excluding hydrogens is 321 g/mol. The average Bonchev–Trinajstić information content (AvgIpc) is 2.61. The van der Waals surface area contributed by atoms with E-state index < -0.39 is 11.7 Å². The number of rotatable bonds is 4. The smallest absolute Gasteiger partial charge is 0.166 e. The lowest BCUT2D eigenvalue weighted by Gasteiger charge is -2.09. The van der Waals surface area contributed by atoms with E-state index in [0.717, 1.165) is 35.4 Å². The molecule has 0 amide bonds. The summed E-state index contributed by atoms with van der Waals surface area (Å²) in [6.45, 7) is 2.01. The van der Waals surface area contributed by atoms with Crippen LogP contribution in [0.1, 0.15) is 24.5 Å². The van der Waals surface area contributed by atoms with Gasteiger partial charge in [0.25, 0.3) is 0 Å². The maximum atomic E-state index is 12.8. The molecule has 0 unspecified atom stereocenters. The minimum absolute atomic E-state index is 0.599. The second kappa shape index (κ2) is 7.14.